The van der Waals surface area contributed by atoms with Crippen LogP contribution >= 0.6 is 23.2 Å². The third-order valence-corrected chi connectivity index (χ3v) is 4.08. The van der Waals surface area contributed by atoms with Crippen molar-refractivity contribution in [1.29, 1.82) is 0 Å². The van der Waals surface area contributed by atoms with E-state index in [1.54, 1.807) is 19.1 Å². The molecule has 2 atom stereocenters. The molecule has 8 heteroatoms. The van der Waals surface area contributed by atoms with Crippen LogP contribution in [0.3, 0.4) is 0 Å². The van der Waals surface area contributed by atoms with Gasteiger partial charge in [0.1, 0.15) is 5.75 Å². The molecule has 1 aromatic carbocycles. The lowest BCUT2D eigenvalue weighted by Crippen LogP contribution is -2.53. The highest BCUT2D eigenvalue weighted by atomic mass is 35.5. The summed E-state index contributed by atoms with van der Waals surface area (Å²) in [5.74, 6) is -1.10. The van der Waals surface area contributed by atoms with Crippen molar-refractivity contribution < 1.29 is 24.2 Å². The zero-order chi connectivity index (χ0) is 17.0. The van der Waals surface area contributed by atoms with Crippen molar-refractivity contribution in [3.63, 3.8) is 0 Å². The Labute approximate surface area is 143 Å². The number of benzene rings is 1. The van der Waals surface area contributed by atoms with E-state index in [9.17, 15) is 9.59 Å². The van der Waals surface area contributed by atoms with E-state index >= 15 is 0 Å². The molecule has 1 aromatic rings. The van der Waals surface area contributed by atoms with Crippen molar-refractivity contribution in [3.05, 3.63) is 28.2 Å². The predicted octanol–water partition coefficient (Wildman–Crippen LogP) is 2.51. The Morgan fingerprint density at radius 1 is 1.48 bits per heavy atom. The summed E-state index contributed by atoms with van der Waals surface area (Å²) in [5.41, 5.74) is -0.898. The second-order valence-electron chi connectivity index (χ2n) is 5.48. The summed E-state index contributed by atoms with van der Waals surface area (Å²) in [7, 11) is 0. The van der Waals surface area contributed by atoms with Crippen LogP contribution in [0.15, 0.2) is 18.2 Å². The lowest BCUT2D eigenvalue weighted by atomic mass is 9.94. The number of carboxylic acid groups (broad SMARTS) is 1. The van der Waals surface area contributed by atoms with Gasteiger partial charge in [-0.05, 0) is 31.5 Å². The van der Waals surface area contributed by atoms with Crippen LogP contribution in [0.2, 0.25) is 10.0 Å². The normalized spacial score (nSPS) is 21.7. The molecular formula is C15H17Cl2NO5. The molecule has 0 aromatic heterocycles. The summed E-state index contributed by atoms with van der Waals surface area (Å²) < 4.78 is 10.8. The van der Waals surface area contributed by atoms with Crippen LogP contribution in [0.5, 0.6) is 5.75 Å². The summed E-state index contributed by atoms with van der Waals surface area (Å²) >= 11 is 11.8. The number of nitrogens with one attached hydrogen (secondary N) is 1. The first kappa shape index (κ1) is 17.8. The highest BCUT2D eigenvalue weighted by Crippen LogP contribution is 2.29. The van der Waals surface area contributed by atoms with E-state index in [4.69, 9.17) is 37.8 Å². The van der Waals surface area contributed by atoms with Crippen LogP contribution < -0.4 is 10.1 Å². The lowest BCUT2D eigenvalue weighted by molar-refractivity contribution is -0.139. The number of carbonyl (C=O) groups is 2. The molecule has 1 aliphatic heterocycles. The Morgan fingerprint density at radius 3 is 2.78 bits per heavy atom. The van der Waals surface area contributed by atoms with E-state index in [0.717, 1.165) is 0 Å². The molecule has 23 heavy (non-hydrogen) atoms. The molecular weight excluding hydrogens is 345 g/mol. The van der Waals surface area contributed by atoms with Gasteiger partial charge in [-0.25, -0.2) is 0 Å². The average Bonchev–Trinajstić information content (AvgIpc) is 2.89. The molecule has 0 aliphatic carbocycles. The summed E-state index contributed by atoms with van der Waals surface area (Å²) in [6.07, 6.45) is -0.605. The van der Waals surface area contributed by atoms with Gasteiger partial charge in [0.15, 0.2) is 6.10 Å². The maximum Gasteiger partial charge on any atom is 0.305 e. The third kappa shape index (κ3) is 4.73. The Kier molecular flexibility index (Phi) is 5.73. The molecule has 1 saturated heterocycles. The summed E-state index contributed by atoms with van der Waals surface area (Å²) in [6, 6.07) is 4.68. The van der Waals surface area contributed by atoms with E-state index in [1.807, 2.05) is 0 Å². The monoisotopic (exact) mass is 361 g/mol. The van der Waals surface area contributed by atoms with Gasteiger partial charge in [0.2, 0.25) is 0 Å². The SMILES string of the molecule is CC(Oc1ccc(Cl)cc1Cl)C(=O)NC1(CC(=O)O)CCOC1. The van der Waals surface area contributed by atoms with Gasteiger partial charge in [-0.15, -0.1) is 0 Å². The van der Waals surface area contributed by atoms with Crippen LogP contribution in [-0.2, 0) is 14.3 Å². The van der Waals surface area contributed by atoms with Crippen molar-refractivity contribution in [2.45, 2.75) is 31.4 Å². The van der Waals surface area contributed by atoms with Gasteiger partial charge in [0.05, 0.1) is 23.6 Å². The van der Waals surface area contributed by atoms with Crippen LogP contribution in [0, 0.1) is 0 Å². The van der Waals surface area contributed by atoms with Crippen molar-refractivity contribution in [2.24, 2.45) is 0 Å². The van der Waals surface area contributed by atoms with Crippen molar-refractivity contribution >= 4 is 35.1 Å². The van der Waals surface area contributed by atoms with Crippen molar-refractivity contribution in [1.82, 2.24) is 5.32 Å². The smallest absolute Gasteiger partial charge is 0.305 e. The fourth-order valence-corrected chi connectivity index (χ4v) is 2.81. The van der Waals surface area contributed by atoms with Crippen LogP contribution in [-0.4, -0.2) is 41.8 Å². The largest absolute Gasteiger partial charge is 0.481 e. The van der Waals surface area contributed by atoms with Gasteiger partial charge >= 0.3 is 5.97 Å². The first-order chi connectivity index (χ1) is 10.8. The fourth-order valence-electron chi connectivity index (χ4n) is 2.36. The minimum absolute atomic E-state index is 0.166. The number of carbonyl (C=O) groups excluding carboxylic acids is 1. The Morgan fingerprint density at radius 2 is 2.22 bits per heavy atom. The van der Waals surface area contributed by atoms with Crippen LogP contribution in [0.25, 0.3) is 0 Å². The van der Waals surface area contributed by atoms with E-state index in [0.29, 0.717) is 28.8 Å². The van der Waals surface area contributed by atoms with Crippen LogP contribution in [0.4, 0.5) is 0 Å². The number of rotatable bonds is 6. The standard InChI is InChI=1S/C15H17Cl2NO5/c1-9(23-12-3-2-10(16)6-11(12)17)14(21)18-15(7-13(19)20)4-5-22-8-15/h2-3,6,9H,4-5,7-8H2,1H3,(H,18,21)(H,19,20). The number of hydrogen-bond donors (Lipinski definition) is 2. The number of ether oxygens (including phenoxy) is 2. The zero-order valence-corrected chi connectivity index (χ0v) is 14.0. The van der Waals surface area contributed by atoms with Gasteiger partial charge in [-0.2, -0.15) is 0 Å². The highest BCUT2D eigenvalue weighted by molar-refractivity contribution is 6.35. The predicted molar refractivity (Wildman–Crippen MR) is 85.1 cm³/mol. The minimum Gasteiger partial charge on any atom is -0.481 e. The average molecular weight is 362 g/mol. The number of carboxylic acids is 1. The van der Waals surface area contributed by atoms with E-state index in [2.05, 4.69) is 5.32 Å². The van der Waals surface area contributed by atoms with Gasteiger partial charge in [-0.3, -0.25) is 9.59 Å². The van der Waals surface area contributed by atoms with Gasteiger partial charge in [-0.1, -0.05) is 23.2 Å². The Hall–Kier alpha value is -1.50. The van der Waals surface area contributed by atoms with E-state index in [-0.39, 0.29) is 13.0 Å². The first-order valence-corrected chi connectivity index (χ1v) is 7.80. The van der Waals surface area contributed by atoms with Gasteiger partial charge in [0, 0.05) is 11.6 Å². The van der Waals surface area contributed by atoms with Crippen molar-refractivity contribution in [3.8, 4) is 5.75 Å². The zero-order valence-electron chi connectivity index (χ0n) is 12.5. The molecule has 0 saturated carbocycles. The fraction of sp³-hybridized carbons (Fsp3) is 0.467. The lowest BCUT2D eigenvalue weighted by Gasteiger charge is -2.28. The maximum atomic E-state index is 12.3. The summed E-state index contributed by atoms with van der Waals surface area (Å²) in [4.78, 5) is 23.3. The summed E-state index contributed by atoms with van der Waals surface area (Å²) in [6.45, 7) is 2.13. The third-order valence-electron chi connectivity index (χ3n) is 3.55. The Bertz CT molecular complexity index is 602. The molecule has 2 unspecified atom stereocenters. The van der Waals surface area contributed by atoms with E-state index in [1.165, 1.54) is 6.07 Å². The second kappa shape index (κ2) is 7.38. The molecule has 0 bridgehead atoms. The topological polar surface area (TPSA) is 84.9 Å². The summed E-state index contributed by atoms with van der Waals surface area (Å²) in [5, 5.41) is 12.5. The molecule has 0 spiro atoms. The second-order valence-corrected chi connectivity index (χ2v) is 6.32. The molecule has 2 N–H and O–H groups in total. The number of aliphatic carboxylic acids is 1. The first-order valence-electron chi connectivity index (χ1n) is 7.05. The molecule has 0 radical (unpaired) electrons. The molecule has 1 aliphatic rings. The minimum atomic E-state index is -0.995. The molecule has 1 fully saturated rings. The molecule has 1 heterocycles. The number of hydrogen-bond acceptors (Lipinski definition) is 4. The molecule has 1 amide bonds. The van der Waals surface area contributed by atoms with Gasteiger partial charge < -0.3 is 19.9 Å². The quantitative estimate of drug-likeness (QED) is 0.812. The highest BCUT2D eigenvalue weighted by Gasteiger charge is 2.39. The molecule has 6 nitrogen and oxygen atoms in total. The molecule has 126 valence electrons. The molecule has 2 rings (SSSR count). The van der Waals surface area contributed by atoms with Crippen LogP contribution in [0.1, 0.15) is 19.8 Å². The number of amides is 1. The number of halogens is 2. The van der Waals surface area contributed by atoms with E-state index < -0.39 is 23.5 Å². The maximum absolute atomic E-state index is 12.3. The van der Waals surface area contributed by atoms with Gasteiger partial charge in [0.25, 0.3) is 5.91 Å². The van der Waals surface area contributed by atoms with Crippen molar-refractivity contribution in [2.75, 3.05) is 13.2 Å². The Balaban J connectivity index is 2.02.